The molecule has 2 aromatic heterocycles. The summed E-state index contributed by atoms with van der Waals surface area (Å²) in [5.74, 6) is -0.459. The van der Waals surface area contributed by atoms with Crippen LogP contribution in [0.1, 0.15) is 19.8 Å². The zero-order chi connectivity index (χ0) is 22.7. The molecule has 1 aliphatic heterocycles. The Balaban J connectivity index is 1.57. The number of rotatable bonds is 7. The third kappa shape index (κ3) is 4.78. The van der Waals surface area contributed by atoms with Crippen LogP contribution in [0.25, 0.3) is 22.6 Å². The molecule has 0 aliphatic carbocycles. The largest absolute Gasteiger partial charge is 0.481 e. The molecule has 8 nitrogen and oxygen atoms in total. The smallest absolute Gasteiger partial charge is 0.257 e. The zero-order valence-corrected chi connectivity index (χ0v) is 18.8. The molecule has 0 radical (unpaired) electrons. The van der Waals surface area contributed by atoms with E-state index in [9.17, 15) is 9.18 Å². The number of amides is 1. The van der Waals surface area contributed by atoms with Crippen molar-refractivity contribution in [3.8, 4) is 17.1 Å². The summed E-state index contributed by atoms with van der Waals surface area (Å²) in [4.78, 5) is 25.8. The van der Waals surface area contributed by atoms with Crippen LogP contribution in [0, 0.1) is 5.82 Å². The maximum Gasteiger partial charge on any atom is 0.257 e. The molecule has 32 heavy (non-hydrogen) atoms. The van der Waals surface area contributed by atoms with Crippen molar-refractivity contribution in [3.05, 3.63) is 35.2 Å². The second-order valence-electron chi connectivity index (χ2n) is 7.73. The van der Waals surface area contributed by atoms with Gasteiger partial charge in [-0.05, 0) is 37.6 Å². The van der Waals surface area contributed by atoms with Gasteiger partial charge < -0.3 is 25.3 Å². The Morgan fingerprint density at radius 2 is 2.16 bits per heavy atom. The van der Waals surface area contributed by atoms with Crippen molar-refractivity contribution in [2.24, 2.45) is 0 Å². The number of piperidine rings is 1. The summed E-state index contributed by atoms with van der Waals surface area (Å²) in [6.07, 6.45) is 3.63. The van der Waals surface area contributed by atoms with Gasteiger partial charge in [0.25, 0.3) is 5.91 Å². The Labute approximate surface area is 190 Å². The van der Waals surface area contributed by atoms with Gasteiger partial charge >= 0.3 is 0 Å². The molecular formula is C22H26ClFN6O2. The zero-order valence-electron chi connectivity index (χ0n) is 18.0. The van der Waals surface area contributed by atoms with Crippen LogP contribution in [-0.4, -0.2) is 65.1 Å². The van der Waals surface area contributed by atoms with Crippen molar-refractivity contribution in [1.29, 1.82) is 0 Å². The minimum Gasteiger partial charge on any atom is -0.481 e. The molecule has 1 saturated heterocycles. The molecule has 1 aromatic carbocycles. The van der Waals surface area contributed by atoms with Gasteiger partial charge in [0, 0.05) is 31.7 Å². The van der Waals surface area contributed by atoms with Crippen LogP contribution in [0.15, 0.2) is 24.4 Å². The molecule has 0 atom stereocenters. The quantitative estimate of drug-likeness (QED) is 0.500. The highest BCUT2D eigenvalue weighted by Crippen LogP contribution is 2.33. The SMILES string of the molecule is CCN1CCC(Nc2c(Cl)cnc3nc(-c4ccc(OCC(=O)NC)c(F)c4)[nH]c23)CC1. The van der Waals surface area contributed by atoms with E-state index in [1.54, 1.807) is 12.3 Å². The summed E-state index contributed by atoms with van der Waals surface area (Å²) >= 11 is 6.46. The van der Waals surface area contributed by atoms with Crippen LogP contribution in [0.3, 0.4) is 0 Å². The van der Waals surface area contributed by atoms with E-state index in [1.165, 1.54) is 19.2 Å². The lowest BCUT2D eigenvalue weighted by molar-refractivity contribution is -0.122. The molecule has 0 spiro atoms. The molecule has 170 valence electrons. The predicted molar refractivity (Wildman–Crippen MR) is 123 cm³/mol. The van der Waals surface area contributed by atoms with Crippen LogP contribution < -0.4 is 15.4 Å². The van der Waals surface area contributed by atoms with Crippen LogP contribution in [0.5, 0.6) is 5.75 Å². The number of hydrogen-bond donors (Lipinski definition) is 3. The van der Waals surface area contributed by atoms with Gasteiger partial charge in [0.05, 0.1) is 16.9 Å². The lowest BCUT2D eigenvalue weighted by atomic mass is 10.0. The van der Waals surface area contributed by atoms with Crippen molar-refractivity contribution in [1.82, 2.24) is 25.2 Å². The lowest BCUT2D eigenvalue weighted by Crippen LogP contribution is -2.38. The van der Waals surface area contributed by atoms with Gasteiger partial charge in [-0.15, -0.1) is 0 Å². The van der Waals surface area contributed by atoms with Crippen molar-refractivity contribution < 1.29 is 13.9 Å². The van der Waals surface area contributed by atoms with Crippen LogP contribution in [-0.2, 0) is 4.79 Å². The topological polar surface area (TPSA) is 95.2 Å². The Morgan fingerprint density at radius 3 is 2.84 bits per heavy atom. The fourth-order valence-electron chi connectivity index (χ4n) is 3.79. The van der Waals surface area contributed by atoms with Gasteiger partial charge in [0.1, 0.15) is 11.3 Å². The molecule has 3 N–H and O–H groups in total. The number of imidazole rings is 1. The van der Waals surface area contributed by atoms with Crippen LogP contribution in [0.2, 0.25) is 5.02 Å². The number of likely N-dealkylation sites (N-methyl/N-ethyl adjacent to an activating group) is 1. The fraction of sp³-hybridized carbons (Fsp3) is 0.409. The number of carbonyl (C=O) groups excluding carboxylic acids is 1. The summed E-state index contributed by atoms with van der Waals surface area (Å²) in [6, 6.07) is 4.77. The Bertz CT molecular complexity index is 1110. The average Bonchev–Trinajstić information content (AvgIpc) is 3.25. The molecule has 0 saturated carbocycles. The number of H-pyrrole nitrogens is 1. The summed E-state index contributed by atoms with van der Waals surface area (Å²) in [7, 11) is 1.49. The first kappa shape index (κ1) is 22.3. The molecule has 3 heterocycles. The standard InChI is InChI=1S/C22H26ClFN6O2/c1-3-30-8-6-14(7-9-30)27-19-15(23)11-26-22-20(19)28-21(29-22)13-4-5-17(16(24)10-13)32-12-18(31)25-2/h4-5,10-11,14H,3,6-9,12H2,1-2H3,(H,25,31)(H2,26,27,28,29). The summed E-state index contributed by atoms with van der Waals surface area (Å²) in [6.45, 7) is 5.06. The molecule has 1 aliphatic rings. The number of aromatic nitrogens is 3. The predicted octanol–water partition coefficient (Wildman–Crippen LogP) is 3.44. The number of fused-ring (bicyclic) bond motifs is 1. The second kappa shape index (κ2) is 9.70. The molecule has 10 heteroatoms. The number of pyridine rings is 1. The minimum atomic E-state index is -0.584. The van der Waals surface area contributed by atoms with Gasteiger partial charge in [-0.1, -0.05) is 18.5 Å². The van der Waals surface area contributed by atoms with Crippen LogP contribution >= 0.6 is 11.6 Å². The van der Waals surface area contributed by atoms with Crippen molar-refractivity contribution >= 4 is 34.4 Å². The van der Waals surface area contributed by atoms with Gasteiger partial charge in [-0.2, -0.15) is 0 Å². The number of anilines is 1. The number of halogens is 2. The van der Waals surface area contributed by atoms with E-state index in [0.29, 0.717) is 33.6 Å². The Morgan fingerprint density at radius 1 is 1.38 bits per heavy atom. The highest BCUT2D eigenvalue weighted by Gasteiger charge is 2.21. The number of likely N-dealkylation sites (tertiary alicyclic amines) is 1. The van der Waals surface area contributed by atoms with Gasteiger partial charge in [-0.3, -0.25) is 4.79 Å². The molecule has 3 aromatic rings. The monoisotopic (exact) mass is 460 g/mol. The first-order valence-electron chi connectivity index (χ1n) is 10.6. The molecule has 4 rings (SSSR count). The van der Waals surface area contributed by atoms with Crippen LogP contribution in [0.4, 0.5) is 10.1 Å². The summed E-state index contributed by atoms with van der Waals surface area (Å²) < 4.78 is 19.7. The molecule has 1 amide bonds. The summed E-state index contributed by atoms with van der Waals surface area (Å²) in [5.41, 5.74) is 2.48. The molecule has 0 bridgehead atoms. The normalized spacial score (nSPS) is 15.1. The van der Waals surface area contributed by atoms with E-state index in [4.69, 9.17) is 16.3 Å². The minimum absolute atomic E-state index is 0.00425. The highest BCUT2D eigenvalue weighted by atomic mass is 35.5. The Hall–Kier alpha value is -2.91. The molecule has 1 fully saturated rings. The van der Waals surface area contributed by atoms with E-state index < -0.39 is 5.82 Å². The summed E-state index contributed by atoms with van der Waals surface area (Å²) in [5, 5.41) is 6.49. The number of nitrogens with zero attached hydrogens (tertiary/aromatic N) is 3. The van der Waals surface area contributed by atoms with E-state index in [-0.39, 0.29) is 18.3 Å². The maximum atomic E-state index is 14.5. The van der Waals surface area contributed by atoms with E-state index in [2.05, 4.69) is 37.4 Å². The van der Waals surface area contributed by atoms with Crippen molar-refractivity contribution in [2.45, 2.75) is 25.8 Å². The van der Waals surface area contributed by atoms with E-state index in [0.717, 1.165) is 38.2 Å². The Kier molecular flexibility index (Phi) is 6.76. The first-order chi connectivity index (χ1) is 15.5. The molecular weight excluding hydrogens is 435 g/mol. The number of nitrogens with one attached hydrogen (secondary N) is 3. The lowest BCUT2D eigenvalue weighted by Gasteiger charge is -2.32. The maximum absolute atomic E-state index is 14.5. The van der Waals surface area contributed by atoms with Gasteiger partial charge in [0.2, 0.25) is 0 Å². The second-order valence-corrected chi connectivity index (χ2v) is 8.13. The number of benzene rings is 1. The van der Waals surface area contributed by atoms with E-state index >= 15 is 0 Å². The van der Waals surface area contributed by atoms with E-state index in [1.807, 2.05) is 0 Å². The first-order valence-corrected chi connectivity index (χ1v) is 11.0. The van der Waals surface area contributed by atoms with Crippen molar-refractivity contribution in [2.75, 3.05) is 38.6 Å². The van der Waals surface area contributed by atoms with Crippen molar-refractivity contribution in [3.63, 3.8) is 0 Å². The number of carbonyl (C=O) groups is 1. The number of aromatic amines is 1. The van der Waals surface area contributed by atoms with Gasteiger partial charge in [-0.25, -0.2) is 14.4 Å². The highest BCUT2D eigenvalue weighted by molar-refractivity contribution is 6.34. The third-order valence-corrected chi connectivity index (χ3v) is 5.99. The molecule has 0 unspecified atom stereocenters. The van der Waals surface area contributed by atoms with Gasteiger partial charge in [0.15, 0.2) is 23.8 Å². The number of ether oxygens (including phenoxy) is 1. The number of hydrogen-bond acceptors (Lipinski definition) is 6. The fourth-order valence-corrected chi connectivity index (χ4v) is 3.99. The average molecular weight is 461 g/mol. The third-order valence-electron chi connectivity index (χ3n) is 5.70.